The molecular weight excluding hydrogens is 317 g/mol. The van der Waals surface area contributed by atoms with Crippen molar-refractivity contribution in [3.63, 3.8) is 0 Å². The molecule has 0 fully saturated rings. The van der Waals surface area contributed by atoms with Crippen molar-refractivity contribution in [2.75, 3.05) is 20.6 Å². The van der Waals surface area contributed by atoms with E-state index in [9.17, 15) is 5.11 Å². The van der Waals surface area contributed by atoms with Gasteiger partial charge in [-0.25, -0.2) is 0 Å². The predicted molar refractivity (Wildman–Crippen MR) is 97.7 cm³/mol. The maximum absolute atomic E-state index is 10.5. The fourth-order valence-corrected chi connectivity index (χ4v) is 2.79. The number of rotatable bonds is 9. The first-order chi connectivity index (χ1) is 10.4. The Balaban J connectivity index is 2.68. The van der Waals surface area contributed by atoms with Crippen LogP contribution >= 0.6 is 23.2 Å². The molecule has 1 aromatic carbocycles. The summed E-state index contributed by atoms with van der Waals surface area (Å²) in [5.41, 5.74) is 0.950. The minimum atomic E-state index is -0.450. The van der Waals surface area contributed by atoms with E-state index >= 15 is 0 Å². The van der Waals surface area contributed by atoms with E-state index in [1.54, 1.807) is 6.07 Å². The molecule has 1 aromatic rings. The second-order valence-electron chi connectivity index (χ2n) is 6.04. The molecule has 0 aliphatic carbocycles. The lowest BCUT2D eigenvalue weighted by atomic mass is 9.94. The van der Waals surface area contributed by atoms with Crippen molar-refractivity contribution in [3.8, 4) is 0 Å². The maximum atomic E-state index is 10.5. The van der Waals surface area contributed by atoms with Crippen LogP contribution in [0.4, 0.5) is 0 Å². The Morgan fingerprint density at radius 2 is 1.91 bits per heavy atom. The summed E-state index contributed by atoms with van der Waals surface area (Å²) in [6.45, 7) is 3.08. The van der Waals surface area contributed by atoms with Gasteiger partial charge in [0.15, 0.2) is 0 Å². The first-order valence-electron chi connectivity index (χ1n) is 7.90. The fourth-order valence-electron chi connectivity index (χ4n) is 2.48. The summed E-state index contributed by atoms with van der Waals surface area (Å²) in [4.78, 5) is 2.13. The molecule has 0 amide bonds. The van der Waals surface area contributed by atoms with Crippen molar-refractivity contribution >= 4 is 29.3 Å². The van der Waals surface area contributed by atoms with Gasteiger partial charge in [0.05, 0.1) is 16.1 Å². The Kier molecular flexibility index (Phi) is 9.11. The van der Waals surface area contributed by atoms with Crippen LogP contribution in [0, 0.1) is 5.92 Å². The highest BCUT2D eigenvalue weighted by Gasteiger charge is 2.17. The van der Waals surface area contributed by atoms with E-state index in [1.165, 1.54) is 12.8 Å². The van der Waals surface area contributed by atoms with E-state index in [4.69, 9.17) is 23.2 Å². The molecule has 0 unspecified atom stereocenters. The average molecular weight is 344 g/mol. The third kappa shape index (κ3) is 7.15. The third-order valence-corrected chi connectivity index (χ3v) is 4.43. The van der Waals surface area contributed by atoms with Gasteiger partial charge < -0.3 is 10.0 Å². The van der Waals surface area contributed by atoms with Crippen LogP contribution in [-0.4, -0.2) is 36.8 Å². The van der Waals surface area contributed by atoms with Gasteiger partial charge in [-0.15, -0.1) is 0 Å². The fraction of sp³-hybridized carbons (Fsp3) is 0.556. The largest absolute Gasteiger partial charge is 0.389 e. The zero-order valence-electron chi connectivity index (χ0n) is 13.7. The zero-order valence-corrected chi connectivity index (χ0v) is 15.2. The van der Waals surface area contributed by atoms with E-state index in [2.05, 4.69) is 11.8 Å². The molecule has 0 heterocycles. The normalized spacial score (nSPS) is 14.7. The van der Waals surface area contributed by atoms with E-state index < -0.39 is 6.10 Å². The van der Waals surface area contributed by atoms with Crippen LogP contribution in [0.1, 0.15) is 38.2 Å². The van der Waals surface area contributed by atoms with E-state index in [1.807, 2.05) is 38.4 Å². The van der Waals surface area contributed by atoms with Crippen LogP contribution < -0.4 is 0 Å². The lowest BCUT2D eigenvalue weighted by Crippen LogP contribution is -2.30. The minimum absolute atomic E-state index is 0.251. The molecule has 0 bridgehead atoms. The van der Waals surface area contributed by atoms with Crippen LogP contribution in [0.3, 0.4) is 0 Å². The lowest BCUT2D eigenvalue weighted by Gasteiger charge is -2.24. The molecule has 4 heteroatoms. The van der Waals surface area contributed by atoms with Gasteiger partial charge in [0, 0.05) is 12.5 Å². The number of aliphatic hydroxyl groups is 1. The smallest absolute Gasteiger partial charge is 0.0764 e. The first kappa shape index (κ1) is 19.5. The summed E-state index contributed by atoms with van der Waals surface area (Å²) >= 11 is 11.9. The number of benzene rings is 1. The molecule has 0 saturated carbocycles. The highest BCUT2D eigenvalue weighted by Crippen LogP contribution is 2.24. The number of unbranched alkanes of at least 4 members (excludes halogenated alkanes) is 2. The van der Waals surface area contributed by atoms with Crippen LogP contribution in [0.25, 0.3) is 6.08 Å². The summed E-state index contributed by atoms with van der Waals surface area (Å²) in [6, 6.07) is 5.48. The van der Waals surface area contributed by atoms with Crippen molar-refractivity contribution < 1.29 is 5.11 Å². The van der Waals surface area contributed by atoms with Gasteiger partial charge in [0.25, 0.3) is 0 Å². The summed E-state index contributed by atoms with van der Waals surface area (Å²) in [5, 5.41) is 11.5. The molecule has 2 nitrogen and oxygen atoms in total. The average Bonchev–Trinajstić information content (AvgIpc) is 2.47. The molecule has 0 radical (unpaired) electrons. The number of hydrogen-bond donors (Lipinski definition) is 1. The van der Waals surface area contributed by atoms with Gasteiger partial charge in [-0.2, -0.15) is 0 Å². The first-order valence-corrected chi connectivity index (χ1v) is 8.65. The number of hydrogen-bond acceptors (Lipinski definition) is 2. The van der Waals surface area contributed by atoms with Crippen LogP contribution in [0.5, 0.6) is 0 Å². The van der Waals surface area contributed by atoms with Gasteiger partial charge in [-0.05, 0) is 38.2 Å². The highest BCUT2D eigenvalue weighted by molar-refractivity contribution is 6.42. The standard InChI is InChI=1S/C18H27Cl2NO/c1-4-5-6-7-15(13-21(2)3)18(22)11-9-14-8-10-16(19)17(20)12-14/h8-12,15,18,22H,4-7,13H2,1-3H3/b11-9+/t15-,18+/m0/s1. The molecule has 124 valence electrons. The van der Waals surface area contributed by atoms with Gasteiger partial charge >= 0.3 is 0 Å². The van der Waals surface area contributed by atoms with Crippen molar-refractivity contribution in [2.24, 2.45) is 5.92 Å². The van der Waals surface area contributed by atoms with Crippen LogP contribution in [0.2, 0.25) is 10.0 Å². The van der Waals surface area contributed by atoms with Crippen molar-refractivity contribution in [1.29, 1.82) is 0 Å². The van der Waals surface area contributed by atoms with Gasteiger partial charge in [0.1, 0.15) is 0 Å². The topological polar surface area (TPSA) is 23.5 Å². The predicted octanol–water partition coefficient (Wildman–Crippen LogP) is 5.13. The maximum Gasteiger partial charge on any atom is 0.0764 e. The summed E-state index contributed by atoms with van der Waals surface area (Å²) in [6.07, 6.45) is 7.94. The molecule has 22 heavy (non-hydrogen) atoms. The Morgan fingerprint density at radius 3 is 2.50 bits per heavy atom. The van der Waals surface area contributed by atoms with Gasteiger partial charge in [-0.3, -0.25) is 0 Å². The number of aliphatic hydroxyl groups excluding tert-OH is 1. The summed E-state index contributed by atoms with van der Waals surface area (Å²) in [7, 11) is 4.09. The molecule has 0 aromatic heterocycles. The lowest BCUT2D eigenvalue weighted by molar-refractivity contribution is 0.122. The third-order valence-electron chi connectivity index (χ3n) is 3.69. The number of nitrogens with zero attached hydrogens (tertiary/aromatic N) is 1. The molecular formula is C18H27Cl2NO. The molecule has 0 saturated heterocycles. The zero-order chi connectivity index (χ0) is 16.5. The SMILES string of the molecule is CCCCC[C@@H](CN(C)C)[C@H](O)/C=C/c1ccc(Cl)c(Cl)c1. The second kappa shape index (κ2) is 10.3. The van der Waals surface area contributed by atoms with Gasteiger partial charge in [-0.1, -0.05) is 67.6 Å². The Hall–Kier alpha value is -0.540. The van der Waals surface area contributed by atoms with Crippen molar-refractivity contribution in [1.82, 2.24) is 4.90 Å². The highest BCUT2D eigenvalue weighted by atomic mass is 35.5. The Labute approximate surface area is 144 Å². The van der Waals surface area contributed by atoms with E-state index in [-0.39, 0.29) is 5.92 Å². The molecule has 0 aliphatic heterocycles. The van der Waals surface area contributed by atoms with Crippen molar-refractivity contribution in [3.05, 3.63) is 39.9 Å². The quantitative estimate of drug-likeness (QED) is 0.628. The molecule has 1 N–H and O–H groups in total. The van der Waals surface area contributed by atoms with Crippen molar-refractivity contribution in [2.45, 2.75) is 38.7 Å². The summed E-state index contributed by atoms with van der Waals surface area (Å²) in [5.74, 6) is 0.251. The number of halogens is 2. The molecule has 0 aliphatic rings. The van der Waals surface area contributed by atoms with Crippen LogP contribution in [0.15, 0.2) is 24.3 Å². The monoisotopic (exact) mass is 343 g/mol. The molecule has 2 atom stereocenters. The van der Waals surface area contributed by atoms with E-state index in [0.717, 1.165) is 24.9 Å². The van der Waals surface area contributed by atoms with Gasteiger partial charge in [0.2, 0.25) is 0 Å². The Bertz CT molecular complexity index is 474. The Morgan fingerprint density at radius 1 is 1.18 bits per heavy atom. The minimum Gasteiger partial charge on any atom is -0.389 e. The van der Waals surface area contributed by atoms with E-state index in [0.29, 0.717) is 10.0 Å². The second-order valence-corrected chi connectivity index (χ2v) is 6.86. The molecule has 0 spiro atoms. The van der Waals surface area contributed by atoms with Crippen LogP contribution in [-0.2, 0) is 0 Å². The molecule has 1 rings (SSSR count). The summed E-state index contributed by atoms with van der Waals surface area (Å²) < 4.78 is 0.